The fourth-order valence-electron chi connectivity index (χ4n) is 1.18. The number of rotatable bonds is 6. The zero-order chi connectivity index (χ0) is 13.4. The van der Waals surface area contributed by atoms with Gasteiger partial charge in [0.2, 0.25) is 0 Å². The van der Waals surface area contributed by atoms with Gasteiger partial charge in [0.05, 0.1) is 4.92 Å². The number of benzene rings is 1. The molecule has 0 aliphatic heterocycles. The maximum absolute atomic E-state index is 11.1. The lowest BCUT2D eigenvalue weighted by Crippen LogP contribution is -2.25. The summed E-state index contributed by atoms with van der Waals surface area (Å²) in [6, 6.07) is 5.75. The van der Waals surface area contributed by atoms with Crippen molar-refractivity contribution >= 4 is 11.8 Å². The SMILES string of the molecule is O=C(NCCCO)OCc1ccc([N+](=O)[O-])cc1. The highest BCUT2D eigenvalue weighted by molar-refractivity contribution is 5.67. The van der Waals surface area contributed by atoms with Crippen LogP contribution in [0.2, 0.25) is 0 Å². The summed E-state index contributed by atoms with van der Waals surface area (Å²) in [6.07, 6.45) is -0.117. The molecule has 1 rings (SSSR count). The number of hydrogen-bond acceptors (Lipinski definition) is 5. The third-order valence-electron chi connectivity index (χ3n) is 2.12. The summed E-state index contributed by atoms with van der Waals surface area (Å²) in [5, 5.41) is 21.4. The van der Waals surface area contributed by atoms with Crippen LogP contribution in [0, 0.1) is 10.1 Å². The number of non-ortho nitro benzene ring substituents is 1. The summed E-state index contributed by atoms with van der Waals surface area (Å²) in [6.45, 7) is 0.390. The predicted octanol–water partition coefficient (Wildman–Crippen LogP) is 1.20. The van der Waals surface area contributed by atoms with Crippen molar-refractivity contribution in [1.82, 2.24) is 5.32 Å². The lowest BCUT2D eigenvalue weighted by Gasteiger charge is -2.06. The fraction of sp³-hybridized carbons (Fsp3) is 0.364. The Kier molecular flexibility index (Phi) is 5.59. The lowest BCUT2D eigenvalue weighted by atomic mass is 10.2. The van der Waals surface area contributed by atoms with Gasteiger partial charge < -0.3 is 15.2 Å². The summed E-state index contributed by atoms with van der Waals surface area (Å²) in [5.41, 5.74) is 0.657. The van der Waals surface area contributed by atoms with Gasteiger partial charge >= 0.3 is 6.09 Å². The van der Waals surface area contributed by atoms with Gasteiger partial charge in [-0.3, -0.25) is 10.1 Å². The largest absolute Gasteiger partial charge is 0.445 e. The van der Waals surface area contributed by atoms with Crippen LogP contribution in [-0.4, -0.2) is 29.3 Å². The Labute approximate surface area is 104 Å². The van der Waals surface area contributed by atoms with E-state index in [9.17, 15) is 14.9 Å². The van der Waals surface area contributed by atoms with Gasteiger partial charge in [-0.25, -0.2) is 4.79 Å². The van der Waals surface area contributed by atoms with E-state index in [0.29, 0.717) is 18.5 Å². The van der Waals surface area contributed by atoms with Crippen molar-refractivity contribution in [1.29, 1.82) is 0 Å². The number of carbonyl (C=O) groups is 1. The number of amides is 1. The van der Waals surface area contributed by atoms with Gasteiger partial charge in [0.25, 0.3) is 5.69 Å². The van der Waals surface area contributed by atoms with Crippen molar-refractivity contribution in [2.24, 2.45) is 0 Å². The molecule has 0 saturated heterocycles. The minimum Gasteiger partial charge on any atom is -0.445 e. The molecule has 1 aromatic rings. The molecule has 0 atom stereocenters. The maximum Gasteiger partial charge on any atom is 0.407 e. The second-order valence-corrected chi connectivity index (χ2v) is 3.50. The van der Waals surface area contributed by atoms with Crippen LogP contribution in [0.4, 0.5) is 10.5 Å². The van der Waals surface area contributed by atoms with Gasteiger partial charge in [-0.05, 0) is 24.1 Å². The molecule has 2 N–H and O–H groups in total. The Morgan fingerprint density at radius 2 is 2.06 bits per heavy atom. The van der Waals surface area contributed by atoms with Gasteiger partial charge in [0.1, 0.15) is 6.61 Å². The van der Waals surface area contributed by atoms with E-state index in [1.54, 1.807) is 0 Å². The minimum atomic E-state index is -0.582. The van der Waals surface area contributed by atoms with Crippen molar-refractivity contribution in [3.63, 3.8) is 0 Å². The fourth-order valence-corrected chi connectivity index (χ4v) is 1.18. The van der Waals surface area contributed by atoms with Crippen LogP contribution in [0.25, 0.3) is 0 Å². The summed E-state index contributed by atoms with van der Waals surface area (Å²) in [5.74, 6) is 0. The zero-order valence-corrected chi connectivity index (χ0v) is 9.67. The van der Waals surface area contributed by atoms with Crippen molar-refractivity contribution < 1.29 is 19.6 Å². The molecule has 0 spiro atoms. The van der Waals surface area contributed by atoms with Crippen molar-refractivity contribution in [2.75, 3.05) is 13.2 Å². The van der Waals surface area contributed by atoms with Crippen LogP contribution in [0.5, 0.6) is 0 Å². The van der Waals surface area contributed by atoms with E-state index in [1.165, 1.54) is 24.3 Å². The van der Waals surface area contributed by atoms with Crippen LogP contribution in [0.15, 0.2) is 24.3 Å². The first-order valence-electron chi connectivity index (χ1n) is 5.38. The number of hydrogen-bond donors (Lipinski definition) is 2. The topological polar surface area (TPSA) is 102 Å². The smallest absolute Gasteiger partial charge is 0.407 e. The Balaban J connectivity index is 2.34. The average Bonchev–Trinajstić information content (AvgIpc) is 2.37. The summed E-state index contributed by atoms with van der Waals surface area (Å²) < 4.78 is 4.87. The van der Waals surface area contributed by atoms with Gasteiger partial charge in [0.15, 0.2) is 0 Å². The molecule has 0 saturated carbocycles. The Morgan fingerprint density at radius 1 is 1.39 bits per heavy atom. The minimum absolute atomic E-state index is 0.00261. The lowest BCUT2D eigenvalue weighted by molar-refractivity contribution is -0.384. The Morgan fingerprint density at radius 3 is 2.61 bits per heavy atom. The molecular formula is C11H14N2O5. The third kappa shape index (κ3) is 4.79. The van der Waals surface area contributed by atoms with Crippen molar-refractivity contribution in [2.45, 2.75) is 13.0 Å². The van der Waals surface area contributed by atoms with E-state index < -0.39 is 11.0 Å². The summed E-state index contributed by atoms with van der Waals surface area (Å²) >= 11 is 0. The number of carbonyl (C=O) groups excluding carboxylic acids is 1. The van der Waals surface area contributed by atoms with E-state index in [2.05, 4.69) is 5.32 Å². The molecule has 0 aromatic heterocycles. The number of aliphatic hydroxyl groups is 1. The molecule has 7 nitrogen and oxygen atoms in total. The molecule has 0 bridgehead atoms. The second-order valence-electron chi connectivity index (χ2n) is 3.50. The molecule has 0 heterocycles. The second kappa shape index (κ2) is 7.23. The molecule has 18 heavy (non-hydrogen) atoms. The number of nitro groups is 1. The number of alkyl carbamates (subject to hydrolysis) is 1. The van der Waals surface area contributed by atoms with Gasteiger partial charge in [0, 0.05) is 25.3 Å². The standard InChI is InChI=1S/C11H14N2O5/c14-7-1-6-12-11(15)18-8-9-2-4-10(5-3-9)13(16)17/h2-5,14H,1,6-8H2,(H,12,15). The zero-order valence-electron chi connectivity index (χ0n) is 9.67. The van der Waals surface area contributed by atoms with Crippen LogP contribution < -0.4 is 5.32 Å². The van der Waals surface area contributed by atoms with Crippen molar-refractivity contribution in [3.05, 3.63) is 39.9 Å². The molecular weight excluding hydrogens is 240 g/mol. The molecule has 0 fully saturated rings. The van der Waals surface area contributed by atoms with Gasteiger partial charge in [-0.2, -0.15) is 0 Å². The number of nitrogens with zero attached hydrogens (tertiary/aromatic N) is 1. The molecule has 0 aliphatic rings. The number of ether oxygens (including phenoxy) is 1. The monoisotopic (exact) mass is 254 g/mol. The average molecular weight is 254 g/mol. The first kappa shape index (κ1) is 13.9. The van der Waals surface area contributed by atoms with Gasteiger partial charge in [-0.15, -0.1) is 0 Å². The number of aliphatic hydroxyl groups excluding tert-OH is 1. The molecule has 98 valence electrons. The molecule has 0 unspecified atom stereocenters. The number of nitrogens with one attached hydrogen (secondary N) is 1. The van der Waals surface area contributed by atoms with E-state index in [-0.39, 0.29) is 18.9 Å². The van der Waals surface area contributed by atoms with E-state index >= 15 is 0 Å². The van der Waals surface area contributed by atoms with E-state index in [1.807, 2.05) is 0 Å². The van der Waals surface area contributed by atoms with Crippen LogP contribution >= 0.6 is 0 Å². The van der Waals surface area contributed by atoms with Crippen LogP contribution in [-0.2, 0) is 11.3 Å². The molecule has 1 amide bonds. The highest BCUT2D eigenvalue weighted by Gasteiger charge is 2.05. The molecule has 7 heteroatoms. The molecule has 0 aliphatic carbocycles. The first-order valence-corrected chi connectivity index (χ1v) is 5.38. The molecule has 1 aromatic carbocycles. The Bertz CT molecular complexity index is 404. The third-order valence-corrected chi connectivity index (χ3v) is 2.12. The first-order chi connectivity index (χ1) is 8.63. The van der Waals surface area contributed by atoms with Crippen molar-refractivity contribution in [3.8, 4) is 0 Å². The normalized spacial score (nSPS) is 9.83. The van der Waals surface area contributed by atoms with Crippen LogP contribution in [0.1, 0.15) is 12.0 Å². The van der Waals surface area contributed by atoms with Crippen LogP contribution in [0.3, 0.4) is 0 Å². The highest BCUT2D eigenvalue weighted by Crippen LogP contribution is 2.12. The number of nitro benzene ring substituents is 1. The quantitative estimate of drug-likeness (QED) is 0.451. The van der Waals surface area contributed by atoms with E-state index in [0.717, 1.165) is 0 Å². The summed E-state index contributed by atoms with van der Waals surface area (Å²) in [4.78, 5) is 21.1. The van der Waals surface area contributed by atoms with E-state index in [4.69, 9.17) is 9.84 Å². The maximum atomic E-state index is 11.1. The Hall–Kier alpha value is -2.15. The molecule has 0 radical (unpaired) electrons. The predicted molar refractivity (Wildman–Crippen MR) is 63.0 cm³/mol. The van der Waals surface area contributed by atoms with Gasteiger partial charge in [-0.1, -0.05) is 0 Å². The highest BCUT2D eigenvalue weighted by atomic mass is 16.6. The summed E-state index contributed by atoms with van der Waals surface area (Å²) in [7, 11) is 0.